The molecule has 104 valence electrons. The van der Waals surface area contributed by atoms with Crippen LogP contribution in [0.1, 0.15) is 17.5 Å². The molecule has 1 aliphatic rings. The smallest absolute Gasteiger partial charge is 0.187 e. The first-order valence-electron chi connectivity index (χ1n) is 7.03. The van der Waals surface area contributed by atoms with Crippen LogP contribution in [0.15, 0.2) is 58.6 Å². The first-order chi connectivity index (χ1) is 10.4. The van der Waals surface area contributed by atoms with Crippen molar-refractivity contribution in [2.45, 2.75) is 29.3 Å². The van der Waals surface area contributed by atoms with Crippen molar-refractivity contribution < 1.29 is 0 Å². The van der Waals surface area contributed by atoms with Crippen LogP contribution in [-0.2, 0) is 12.8 Å². The fourth-order valence-electron chi connectivity index (χ4n) is 2.69. The van der Waals surface area contributed by atoms with Crippen molar-refractivity contribution >= 4 is 11.8 Å². The Morgan fingerprint density at radius 2 is 1.81 bits per heavy atom. The van der Waals surface area contributed by atoms with Crippen molar-refractivity contribution in [3.63, 3.8) is 0 Å². The Bertz CT molecular complexity index is 767. The summed E-state index contributed by atoms with van der Waals surface area (Å²) in [5.74, 6) is 0. The number of fused-ring (bicyclic) bond motifs is 1. The molecule has 0 fully saturated rings. The zero-order valence-electron chi connectivity index (χ0n) is 11.4. The number of benzene rings is 2. The minimum atomic E-state index is 0.791. The third-order valence-electron chi connectivity index (χ3n) is 3.72. The van der Waals surface area contributed by atoms with E-state index < -0.39 is 0 Å². The predicted octanol–water partition coefficient (Wildman–Crippen LogP) is 3.30. The van der Waals surface area contributed by atoms with Crippen LogP contribution in [0.3, 0.4) is 0 Å². The SMILES string of the molecule is c1ccc(-n2nnnc2Sc2ccc3c(c2)CCC3)cc1. The van der Waals surface area contributed by atoms with Gasteiger partial charge in [0.15, 0.2) is 0 Å². The maximum Gasteiger partial charge on any atom is 0.218 e. The maximum atomic E-state index is 4.15. The molecule has 0 saturated heterocycles. The van der Waals surface area contributed by atoms with E-state index in [1.807, 2.05) is 30.3 Å². The molecule has 4 nitrogen and oxygen atoms in total. The predicted molar refractivity (Wildman–Crippen MR) is 81.7 cm³/mol. The Balaban J connectivity index is 1.65. The largest absolute Gasteiger partial charge is 0.218 e. The second kappa shape index (κ2) is 5.33. The van der Waals surface area contributed by atoms with Gasteiger partial charge in [0.2, 0.25) is 5.16 Å². The molecular weight excluding hydrogens is 280 g/mol. The number of para-hydroxylation sites is 1. The van der Waals surface area contributed by atoms with Gasteiger partial charge >= 0.3 is 0 Å². The van der Waals surface area contributed by atoms with Gasteiger partial charge in [-0.3, -0.25) is 0 Å². The van der Waals surface area contributed by atoms with Gasteiger partial charge in [-0.15, -0.1) is 5.10 Å². The molecule has 1 aliphatic carbocycles. The van der Waals surface area contributed by atoms with E-state index in [1.54, 1.807) is 16.4 Å². The molecule has 3 aromatic rings. The summed E-state index contributed by atoms with van der Waals surface area (Å²) in [6, 6.07) is 16.6. The quantitative estimate of drug-likeness (QED) is 0.743. The van der Waals surface area contributed by atoms with Crippen molar-refractivity contribution in [2.24, 2.45) is 0 Å². The lowest BCUT2D eigenvalue weighted by atomic mass is 10.1. The van der Waals surface area contributed by atoms with Crippen molar-refractivity contribution in [3.05, 3.63) is 59.7 Å². The molecule has 2 aromatic carbocycles. The summed E-state index contributed by atoms with van der Waals surface area (Å²) in [5.41, 5.74) is 3.94. The highest BCUT2D eigenvalue weighted by Gasteiger charge is 2.14. The van der Waals surface area contributed by atoms with E-state index in [4.69, 9.17) is 0 Å². The summed E-state index contributed by atoms with van der Waals surface area (Å²) in [6.45, 7) is 0. The summed E-state index contributed by atoms with van der Waals surface area (Å²) in [6.07, 6.45) is 3.67. The number of tetrazole rings is 1. The van der Waals surface area contributed by atoms with Gasteiger partial charge in [-0.2, -0.15) is 4.68 Å². The molecule has 1 aromatic heterocycles. The molecule has 4 rings (SSSR count). The van der Waals surface area contributed by atoms with Gasteiger partial charge in [0, 0.05) is 4.90 Å². The van der Waals surface area contributed by atoms with Crippen LogP contribution in [0.25, 0.3) is 5.69 Å². The third kappa shape index (κ3) is 2.45. The van der Waals surface area contributed by atoms with E-state index in [0.29, 0.717) is 0 Å². The molecule has 0 atom stereocenters. The highest BCUT2D eigenvalue weighted by molar-refractivity contribution is 7.99. The molecule has 21 heavy (non-hydrogen) atoms. The second-order valence-electron chi connectivity index (χ2n) is 5.09. The van der Waals surface area contributed by atoms with Crippen molar-refractivity contribution in [1.29, 1.82) is 0 Å². The number of hydrogen-bond acceptors (Lipinski definition) is 4. The lowest BCUT2D eigenvalue weighted by Crippen LogP contribution is -1.98. The van der Waals surface area contributed by atoms with E-state index >= 15 is 0 Å². The van der Waals surface area contributed by atoms with Gasteiger partial charge in [0.05, 0.1) is 5.69 Å². The molecule has 0 bridgehead atoms. The molecule has 1 heterocycles. The standard InChI is InChI=1S/C16H14N4S/c1-2-7-14(8-3-1)20-16(17-18-19-20)21-15-10-9-12-5-4-6-13(12)11-15/h1-3,7-11H,4-6H2. The monoisotopic (exact) mass is 294 g/mol. The minimum Gasteiger partial charge on any atom is -0.187 e. The summed E-state index contributed by atoms with van der Waals surface area (Å²) < 4.78 is 1.78. The molecule has 0 saturated carbocycles. The topological polar surface area (TPSA) is 43.6 Å². The first kappa shape index (κ1) is 12.6. The van der Waals surface area contributed by atoms with Crippen molar-refractivity contribution in [3.8, 4) is 5.69 Å². The Morgan fingerprint density at radius 3 is 2.71 bits per heavy atom. The Labute approximate surface area is 127 Å². The van der Waals surface area contributed by atoms with Crippen LogP contribution in [0, 0.1) is 0 Å². The third-order valence-corrected chi connectivity index (χ3v) is 4.65. The number of aryl methyl sites for hydroxylation is 2. The molecule has 0 amide bonds. The van der Waals surface area contributed by atoms with Crippen LogP contribution in [0.4, 0.5) is 0 Å². The number of nitrogens with zero attached hydrogens (tertiary/aromatic N) is 4. The fraction of sp³-hybridized carbons (Fsp3) is 0.188. The fourth-order valence-corrected chi connectivity index (χ4v) is 3.54. The molecular formula is C16H14N4S. The minimum absolute atomic E-state index is 0.791. The summed E-state index contributed by atoms with van der Waals surface area (Å²) in [5, 5.41) is 12.8. The van der Waals surface area contributed by atoms with Gasteiger partial charge in [-0.05, 0) is 76.8 Å². The Hall–Kier alpha value is -2.14. The number of aromatic nitrogens is 4. The lowest BCUT2D eigenvalue weighted by molar-refractivity contribution is 0.756. The average Bonchev–Trinajstić information content (AvgIpc) is 3.16. The average molecular weight is 294 g/mol. The summed E-state index contributed by atoms with van der Waals surface area (Å²) >= 11 is 1.61. The number of hydrogen-bond donors (Lipinski definition) is 0. The summed E-state index contributed by atoms with van der Waals surface area (Å²) in [4.78, 5) is 1.20. The normalized spacial score (nSPS) is 13.3. The van der Waals surface area contributed by atoms with Crippen LogP contribution in [-0.4, -0.2) is 20.2 Å². The van der Waals surface area contributed by atoms with Crippen LogP contribution in [0.2, 0.25) is 0 Å². The first-order valence-corrected chi connectivity index (χ1v) is 7.85. The van der Waals surface area contributed by atoms with Crippen LogP contribution >= 0.6 is 11.8 Å². The van der Waals surface area contributed by atoms with Crippen LogP contribution in [0.5, 0.6) is 0 Å². The van der Waals surface area contributed by atoms with Crippen molar-refractivity contribution in [2.75, 3.05) is 0 Å². The van der Waals surface area contributed by atoms with Gasteiger partial charge in [-0.25, -0.2) is 0 Å². The van der Waals surface area contributed by atoms with E-state index in [0.717, 1.165) is 10.8 Å². The lowest BCUT2D eigenvalue weighted by Gasteiger charge is -2.05. The van der Waals surface area contributed by atoms with Crippen LogP contribution < -0.4 is 0 Å². The van der Waals surface area contributed by atoms with E-state index in [2.05, 4.69) is 33.7 Å². The second-order valence-corrected chi connectivity index (χ2v) is 6.14. The molecule has 5 heteroatoms. The number of rotatable bonds is 3. The van der Waals surface area contributed by atoms with Gasteiger partial charge in [0.25, 0.3) is 0 Å². The van der Waals surface area contributed by atoms with Gasteiger partial charge < -0.3 is 0 Å². The maximum absolute atomic E-state index is 4.15. The van der Waals surface area contributed by atoms with E-state index in [1.165, 1.54) is 35.3 Å². The Morgan fingerprint density at radius 1 is 0.952 bits per heavy atom. The molecule has 0 spiro atoms. The molecule has 0 aliphatic heterocycles. The molecule has 0 N–H and O–H groups in total. The Kier molecular flexibility index (Phi) is 3.20. The highest BCUT2D eigenvalue weighted by atomic mass is 32.2. The van der Waals surface area contributed by atoms with Gasteiger partial charge in [0.1, 0.15) is 0 Å². The molecule has 0 unspecified atom stereocenters. The highest BCUT2D eigenvalue weighted by Crippen LogP contribution is 2.31. The van der Waals surface area contributed by atoms with Crippen molar-refractivity contribution in [1.82, 2.24) is 20.2 Å². The van der Waals surface area contributed by atoms with E-state index in [9.17, 15) is 0 Å². The summed E-state index contributed by atoms with van der Waals surface area (Å²) in [7, 11) is 0. The van der Waals surface area contributed by atoms with Gasteiger partial charge in [-0.1, -0.05) is 24.3 Å². The zero-order valence-corrected chi connectivity index (χ0v) is 12.3. The zero-order chi connectivity index (χ0) is 14.1. The van der Waals surface area contributed by atoms with E-state index in [-0.39, 0.29) is 0 Å². The molecule has 0 radical (unpaired) electrons.